The number of aromatic nitrogens is 2. The van der Waals surface area contributed by atoms with Gasteiger partial charge in [-0.3, -0.25) is 9.59 Å². The molecule has 0 saturated carbocycles. The second-order valence-corrected chi connectivity index (χ2v) is 6.08. The lowest BCUT2D eigenvalue weighted by Gasteiger charge is -2.10. The van der Waals surface area contributed by atoms with Gasteiger partial charge in [0.1, 0.15) is 0 Å². The summed E-state index contributed by atoms with van der Waals surface area (Å²) < 4.78 is 10.5. The number of ether oxygens (including phenoxy) is 2. The first-order valence-electron chi connectivity index (χ1n) is 8.73. The van der Waals surface area contributed by atoms with E-state index in [1.54, 1.807) is 56.7 Å². The van der Waals surface area contributed by atoms with Gasteiger partial charge in [-0.05, 0) is 43.3 Å². The van der Waals surface area contributed by atoms with Crippen molar-refractivity contribution in [3.63, 3.8) is 0 Å². The molecule has 1 aromatic heterocycles. The monoisotopic (exact) mass is 392 g/mol. The minimum Gasteiger partial charge on any atom is -0.493 e. The van der Waals surface area contributed by atoms with Gasteiger partial charge in [0.2, 0.25) is 5.95 Å². The molecule has 0 radical (unpaired) electrons. The molecule has 29 heavy (non-hydrogen) atoms. The average Bonchev–Trinajstić information content (AvgIpc) is 2.74. The average molecular weight is 392 g/mol. The van der Waals surface area contributed by atoms with Crippen molar-refractivity contribution < 1.29 is 19.1 Å². The summed E-state index contributed by atoms with van der Waals surface area (Å²) in [6.07, 6.45) is 2.85. The third kappa shape index (κ3) is 4.86. The van der Waals surface area contributed by atoms with E-state index in [0.29, 0.717) is 39.9 Å². The lowest BCUT2D eigenvalue weighted by molar-refractivity contribution is 0.101. The first-order chi connectivity index (χ1) is 14.0. The van der Waals surface area contributed by atoms with Crippen molar-refractivity contribution in [3.8, 4) is 11.5 Å². The van der Waals surface area contributed by atoms with E-state index in [-0.39, 0.29) is 11.7 Å². The maximum absolute atomic E-state index is 12.3. The molecule has 0 aliphatic heterocycles. The molecule has 0 saturated heterocycles. The molecule has 148 valence electrons. The summed E-state index contributed by atoms with van der Waals surface area (Å²) >= 11 is 0. The highest BCUT2D eigenvalue weighted by molar-refractivity contribution is 6.04. The fraction of sp³-hybridized carbons (Fsp3) is 0.143. The zero-order valence-corrected chi connectivity index (χ0v) is 16.2. The standard InChI is InChI=1S/C21H20N4O4/c1-13(26)14-4-6-16(7-5-14)24-20(27)15-11-22-21(23-12-15)25-17-8-9-18(28-2)19(10-17)29-3/h4-12H,1-3H3,(H,24,27)(H,22,23,25). The summed E-state index contributed by atoms with van der Waals surface area (Å²) in [6, 6.07) is 12.0. The molecule has 1 heterocycles. The summed E-state index contributed by atoms with van der Waals surface area (Å²) in [5.74, 6) is 1.14. The fourth-order valence-corrected chi connectivity index (χ4v) is 2.54. The van der Waals surface area contributed by atoms with Crippen LogP contribution in [0.1, 0.15) is 27.6 Å². The predicted octanol–water partition coefficient (Wildman–Crippen LogP) is 3.69. The molecular formula is C21H20N4O4. The number of ketones is 1. The molecule has 0 bridgehead atoms. The van der Waals surface area contributed by atoms with Gasteiger partial charge >= 0.3 is 0 Å². The molecule has 0 aliphatic rings. The van der Waals surface area contributed by atoms with Crippen molar-refractivity contribution >= 4 is 29.0 Å². The van der Waals surface area contributed by atoms with Gasteiger partial charge in [-0.2, -0.15) is 0 Å². The molecule has 3 aromatic rings. The highest BCUT2D eigenvalue weighted by Gasteiger charge is 2.10. The number of hydrogen-bond acceptors (Lipinski definition) is 7. The van der Waals surface area contributed by atoms with Crippen molar-refractivity contribution in [2.75, 3.05) is 24.9 Å². The summed E-state index contributed by atoms with van der Waals surface area (Å²) in [4.78, 5) is 32.0. The quantitative estimate of drug-likeness (QED) is 0.591. The van der Waals surface area contributed by atoms with Gasteiger partial charge in [0.25, 0.3) is 5.91 Å². The number of anilines is 3. The van der Waals surface area contributed by atoms with Crippen LogP contribution in [0.5, 0.6) is 11.5 Å². The Morgan fingerprint density at radius 3 is 2.03 bits per heavy atom. The van der Waals surface area contributed by atoms with Crippen molar-refractivity contribution in [2.45, 2.75) is 6.92 Å². The van der Waals surface area contributed by atoms with Crippen LogP contribution in [0.3, 0.4) is 0 Å². The Morgan fingerprint density at radius 2 is 1.45 bits per heavy atom. The molecule has 0 spiro atoms. The Labute approximate surface area is 167 Å². The zero-order chi connectivity index (χ0) is 20.8. The molecule has 3 rings (SSSR count). The Bertz CT molecular complexity index is 1020. The first kappa shape index (κ1) is 19.8. The molecule has 2 N–H and O–H groups in total. The van der Waals surface area contributed by atoms with Crippen molar-refractivity contribution in [1.29, 1.82) is 0 Å². The third-order valence-electron chi connectivity index (χ3n) is 4.10. The van der Waals surface area contributed by atoms with Crippen LogP contribution in [0, 0.1) is 0 Å². The number of carbonyl (C=O) groups is 2. The van der Waals surface area contributed by atoms with Gasteiger partial charge in [0.05, 0.1) is 19.8 Å². The number of nitrogens with zero attached hydrogens (tertiary/aromatic N) is 2. The van der Waals surface area contributed by atoms with E-state index in [9.17, 15) is 9.59 Å². The maximum Gasteiger partial charge on any atom is 0.258 e. The lowest BCUT2D eigenvalue weighted by Crippen LogP contribution is -2.13. The number of benzene rings is 2. The van der Waals surface area contributed by atoms with Gasteiger partial charge in [-0.15, -0.1) is 0 Å². The van der Waals surface area contributed by atoms with Gasteiger partial charge in [0, 0.05) is 35.4 Å². The van der Waals surface area contributed by atoms with Crippen LogP contribution < -0.4 is 20.1 Å². The molecule has 8 heteroatoms. The van der Waals surface area contributed by atoms with Crippen molar-refractivity contribution in [1.82, 2.24) is 9.97 Å². The van der Waals surface area contributed by atoms with Crippen LogP contribution in [-0.4, -0.2) is 35.9 Å². The van der Waals surface area contributed by atoms with E-state index in [1.807, 2.05) is 0 Å². The Kier molecular flexibility index (Phi) is 6.03. The topological polar surface area (TPSA) is 102 Å². The zero-order valence-electron chi connectivity index (χ0n) is 16.2. The minimum absolute atomic E-state index is 0.0335. The molecule has 8 nitrogen and oxygen atoms in total. The third-order valence-corrected chi connectivity index (χ3v) is 4.10. The molecule has 2 aromatic carbocycles. The van der Waals surface area contributed by atoms with Crippen LogP contribution in [0.25, 0.3) is 0 Å². The molecule has 1 amide bonds. The summed E-state index contributed by atoms with van der Waals surface area (Å²) in [7, 11) is 3.12. The van der Waals surface area contributed by atoms with Crippen molar-refractivity contribution in [3.05, 3.63) is 66.0 Å². The second kappa shape index (κ2) is 8.83. The summed E-state index contributed by atoms with van der Waals surface area (Å²) in [5, 5.41) is 5.78. The van der Waals surface area contributed by atoms with E-state index < -0.39 is 0 Å². The Hall–Kier alpha value is -3.94. The van der Waals surface area contributed by atoms with E-state index in [4.69, 9.17) is 9.47 Å². The largest absolute Gasteiger partial charge is 0.493 e. The number of Topliss-reactive ketones (excluding diaryl/α,β-unsaturated/α-hetero) is 1. The van der Waals surface area contributed by atoms with Crippen LogP contribution in [0.2, 0.25) is 0 Å². The fourth-order valence-electron chi connectivity index (χ4n) is 2.54. The van der Waals surface area contributed by atoms with E-state index in [2.05, 4.69) is 20.6 Å². The second-order valence-electron chi connectivity index (χ2n) is 6.08. The minimum atomic E-state index is -0.349. The molecular weight excluding hydrogens is 372 g/mol. The Morgan fingerprint density at radius 1 is 0.828 bits per heavy atom. The van der Waals surface area contributed by atoms with Gasteiger partial charge in [-0.25, -0.2) is 9.97 Å². The number of methoxy groups -OCH3 is 2. The predicted molar refractivity (Wildman–Crippen MR) is 109 cm³/mol. The number of amides is 1. The van der Waals surface area contributed by atoms with Crippen LogP contribution in [0.4, 0.5) is 17.3 Å². The summed E-state index contributed by atoms with van der Waals surface area (Å²) in [6.45, 7) is 1.49. The molecule has 0 unspecified atom stereocenters. The van der Waals surface area contributed by atoms with Gasteiger partial charge in [-0.1, -0.05) is 0 Å². The normalized spacial score (nSPS) is 10.2. The number of carbonyl (C=O) groups excluding carboxylic acids is 2. The summed E-state index contributed by atoms with van der Waals surface area (Å²) in [5.41, 5.74) is 2.17. The highest BCUT2D eigenvalue weighted by atomic mass is 16.5. The highest BCUT2D eigenvalue weighted by Crippen LogP contribution is 2.30. The SMILES string of the molecule is COc1ccc(Nc2ncc(C(=O)Nc3ccc(C(C)=O)cc3)cn2)cc1OC. The number of rotatable bonds is 7. The van der Waals surface area contributed by atoms with Crippen LogP contribution >= 0.6 is 0 Å². The van der Waals surface area contributed by atoms with Crippen LogP contribution in [0.15, 0.2) is 54.9 Å². The van der Waals surface area contributed by atoms with Crippen molar-refractivity contribution in [2.24, 2.45) is 0 Å². The smallest absolute Gasteiger partial charge is 0.258 e. The molecule has 0 aliphatic carbocycles. The molecule has 0 atom stereocenters. The van der Waals surface area contributed by atoms with Crippen LogP contribution in [-0.2, 0) is 0 Å². The number of hydrogen-bond donors (Lipinski definition) is 2. The van der Waals surface area contributed by atoms with Gasteiger partial charge in [0.15, 0.2) is 17.3 Å². The Balaban J connectivity index is 1.66. The molecule has 0 fully saturated rings. The maximum atomic E-state index is 12.3. The first-order valence-corrected chi connectivity index (χ1v) is 8.73. The lowest BCUT2D eigenvalue weighted by atomic mass is 10.1. The van der Waals surface area contributed by atoms with E-state index >= 15 is 0 Å². The van der Waals surface area contributed by atoms with Gasteiger partial charge < -0.3 is 20.1 Å². The van der Waals surface area contributed by atoms with E-state index in [1.165, 1.54) is 19.3 Å². The number of nitrogens with one attached hydrogen (secondary N) is 2. The van der Waals surface area contributed by atoms with E-state index in [0.717, 1.165) is 0 Å².